The number of carbonyl (C=O) groups is 1. The lowest BCUT2D eigenvalue weighted by molar-refractivity contribution is 0.0829. The molecular formula is C18H27NO2. The summed E-state index contributed by atoms with van der Waals surface area (Å²) in [6.45, 7) is 14.4. The minimum absolute atomic E-state index is 0.0468. The highest BCUT2D eigenvalue weighted by Gasteiger charge is 2.33. The van der Waals surface area contributed by atoms with Crippen molar-refractivity contribution in [1.29, 1.82) is 0 Å². The van der Waals surface area contributed by atoms with Gasteiger partial charge in [-0.1, -0.05) is 46.4 Å². The molecule has 1 aromatic carbocycles. The molecule has 116 valence electrons. The monoisotopic (exact) mass is 289 g/mol. The smallest absolute Gasteiger partial charge is 0.251 e. The topological polar surface area (TPSA) is 38.3 Å². The molecule has 1 amide bonds. The zero-order valence-electron chi connectivity index (χ0n) is 14.0. The average molecular weight is 289 g/mol. The SMILES string of the molecule is C=C(OC)c1ccc(C(=O)NC(C)(C(C)C)C(C)C)cc1. The Morgan fingerprint density at radius 3 is 1.90 bits per heavy atom. The second kappa shape index (κ2) is 6.79. The standard InChI is InChI=1S/C18H27NO2/c1-12(2)18(6,13(3)4)19-17(20)16-10-8-15(9-11-16)14(5)21-7/h8-13H,5H2,1-4,6-7H3,(H,19,20). The van der Waals surface area contributed by atoms with Crippen molar-refractivity contribution in [3.05, 3.63) is 42.0 Å². The van der Waals surface area contributed by atoms with Gasteiger partial charge in [0, 0.05) is 16.7 Å². The second-order valence-corrected chi connectivity index (χ2v) is 6.25. The minimum atomic E-state index is -0.230. The Hall–Kier alpha value is -1.77. The second-order valence-electron chi connectivity index (χ2n) is 6.25. The van der Waals surface area contributed by atoms with Crippen LogP contribution in [0.2, 0.25) is 0 Å². The van der Waals surface area contributed by atoms with E-state index in [-0.39, 0.29) is 11.4 Å². The molecule has 3 heteroatoms. The van der Waals surface area contributed by atoms with Gasteiger partial charge in [0.2, 0.25) is 0 Å². The van der Waals surface area contributed by atoms with Gasteiger partial charge in [0.25, 0.3) is 5.91 Å². The number of rotatable bonds is 6. The van der Waals surface area contributed by atoms with Crippen molar-refractivity contribution >= 4 is 11.7 Å². The molecule has 0 unspecified atom stereocenters. The molecule has 21 heavy (non-hydrogen) atoms. The highest BCUT2D eigenvalue weighted by Crippen LogP contribution is 2.26. The number of benzene rings is 1. The van der Waals surface area contributed by atoms with E-state index in [1.807, 2.05) is 12.1 Å². The first-order valence-corrected chi connectivity index (χ1v) is 7.38. The van der Waals surface area contributed by atoms with Gasteiger partial charge in [-0.2, -0.15) is 0 Å². The van der Waals surface area contributed by atoms with Gasteiger partial charge >= 0.3 is 0 Å². The Kier molecular flexibility index (Phi) is 5.59. The van der Waals surface area contributed by atoms with Crippen molar-refractivity contribution in [3.63, 3.8) is 0 Å². The van der Waals surface area contributed by atoms with Crippen LogP contribution in [0.1, 0.15) is 50.5 Å². The summed E-state index contributed by atoms with van der Waals surface area (Å²) in [4.78, 5) is 12.5. The van der Waals surface area contributed by atoms with Gasteiger partial charge < -0.3 is 10.1 Å². The minimum Gasteiger partial charge on any atom is -0.497 e. The number of carbonyl (C=O) groups excluding carboxylic acids is 1. The molecule has 1 rings (SSSR count). The van der Waals surface area contributed by atoms with Crippen LogP contribution in [0.4, 0.5) is 0 Å². The van der Waals surface area contributed by atoms with Crippen LogP contribution in [0.25, 0.3) is 5.76 Å². The quantitative estimate of drug-likeness (QED) is 0.801. The first-order valence-electron chi connectivity index (χ1n) is 7.38. The van der Waals surface area contributed by atoms with E-state index in [0.29, 0.717) is 23.2 Å². The van der Waals surface area contributed by atoms with E-state index in [4.69, 9.17) is 4.74 Å². The maximum absolute atomic E-state index is 12.5. The summed E-state index contributed by atoms with van der Waals surface area (Å²) in [6, 6.07) is 7.30. The van der Waals surface area contributed by atoms with Crippen molar-refractivity contribution in [2.75, 3.05) is 7.11 Å². The predicted octanol–water partition coefficient (Wildman–Crippen LogP) is 4.10. The van der Waals surface area contributed by atoms with E-state index in [1.165, 1.54) is 0 Å². The number of amides is 1. The van der Waals surface area contributed by atoms with Crippen LogP contribution >= 0.6 is 0 Å². The van der Waals surface area contributed by atoms with Gasteiger partial charge in [-0.05, 0) is 30.9 Å². The number of hydrogen-bond donors (Lipinski definition) is 1. The van der Waals surface area contributed by atoms with Gasteiger partial charge in [-0.25, -0.2) is 0 Å². The molecule has 0 spiro atoms. The lowest BCUT2D eigenvalue weighted by Gasteiger charge is -2.38. The van der Waals surface area contributed by atoms with Crippen molar-refractivity contribution < 1.29 is 9.53 Å². The number of nitrogens with one attached hydrogen (secondary N) is 1. The highest BCUT2D eigenvalue weighted by atomic mass is 16.5. The summed E-state index contributed by atoms with van der Waals surface area (Å²) in [7, 11) is 1.58. The summed E-state index contributed by atoms with van der Waals surface area (Å²) >= 11 is 0. The van der Waals surface area contributed by atoms with Crippen LogP contribution in [0.5, 0.6) is 0 Å². The molecule has 0 saturated heterocycles. The Morgan fingerprint density at radius 2 is 1.52 bits per heavy atom. The predicted molar refractivity (Wildman–Crippen MR) is 88.0 cm³/mol. The number of methoxy groups -OCH3 is 1. The van der Waals surface area contributed by atoms with Gasteiger partial charge in [0.1, 0.15) is 5.76 Å². The first kappa shape index (κ1) is 17.3. The lowest BCUT2D eigenvalue weighted by atomic mass is 9.78. The number of ether oxygens (including phenoxy) is 1. The third kappa shape index (κ3) is 3.87. The van der Waals surface area contributed by atoms with E-state index in [0.717, 1.165) is 5.56 Å². The van der Waals surface area contributed by atoms with Crippen molar-refractivity contribution in [1.82, 2.24) is 5.32 Å². The van der Waals surface area contributed by atoms with Crippen LogP contribution in [-0.4, -0.2) is 18.6 Å². The molecule has 0 bridgehead atoms. The molecular weight excluding hydrogens is 262 g/mol. The van der Waals surface area contributed by atoms with Crippen LogP contribution in [0.3, 0.4) is 0 Å². The summed E-state index contributed by atoms with van der Waals surface area (Å²) in [5.74, 6) is 1.26. The van der Waals surface area contributed by atoms with Gasteiger partial charge in [-0.15, -0.1) is 0 Å². The van der Waals surface area contributed by atoms with Crippen LogP contribution in [0, 0.1) is 11.8 Å². The Bertz CT molecular complexity index is 492. The third-order valence-corrected chi connectivity index (χ3v) is 4.50. The molecule has 1 N–H and O–H groups in total. The Balaban J connectivity index is 2.91. The fourth-order valence-electron chi connectivity index (χ4n) is 2.20. The van der Waals surface area contributed by atoms with E-state index < -0.39 is 0 Å². The summed E-state index contributed by atoms with van der Waals surface area (Å²) in [5, 5.41) is 3.18. The maximum Gasteiger partial charge on any atom is 0.251 e. The normalized spacial score (nSPS) is 11.6. The van der Waals surface area contributed by atoms with Crippen molar-refractivity contribution in [2.24, 2.45) is 11.8 Å². The molecule has 0 atom stereocenters. The van der Waals surface area contributed by atoms with E-state index in [2.05, 4.69) is 46.5 Å². The molecule has 0 aliphatic rings. The van der Waals surface area contributed by atoms with E-state index in [1.54, 1.807) is 19.2 Å². The molecule has 0 saturated carbocycles. The van der Waals surface area contributed by atoms with Crippen LogP contribution in [-0.2, 0) is 4.74 Å². The summed E-state index contributed by atoms with van der Waals surface area (Å²) < 4.78 is 5.09. The van der Waals surface area contributed by atoms with E-state index in [9.17, 15) is 4.79 Å². The zero-order valence-corrected chi connectivity index (χ0v) is 14.0. The largest absolute Gasteiger partial charge is 0.497 e. The molecule has 1 aromatic rings. The van der Waals surface area contributed by atoms with Gasteiger partial charge in [0.05, 0.1) is 7.11 Å². The fourth-order valence-corrected chi connectivity index (χ4v) is 2.20. The molecule has 0 aromatic heterocycles. The maximum atomic E-state index is 12.5. The molecule has 0 aliphatic carbocycles. The Labute approximate surface area is 128 Å². The van der Waals surface area contributed by atoms with Crippen LogP contribution in [0.15, 0.2) is 30.8 Å². The molecule has 0 aliphatic heterocycles. The van der Waals surface area contributed by atoms with Crippen LogP contribution < -0.4 is 5.32 Å². The molecule has 3 nitrogen and oxygen atoms in total. The first-order chi connectivity index (χ1) is 9.72. The van der Waals surface area contributed by atoms with E-state index >= 15 is 0 Å². The zero-order chi connectivity index (χ0) is 16.2. The third-order valence-electron chi connectivity index (χ3n) is 4.50. The molecule has 0 fully saturated rings. The average Bonchev–Trinajstić information content (AvgIpc) is 2.45. The molecule has 0 heterocycles. The highest BCUT2D eigenvalue weighted by molar-refractivity contribution is 5.95. The summed E-state index contributed by atoms with van der Waals surface area (Å²) in [6.07, 6.45) is 0. The fraction of sp³-hybridized carbons (Fsp3) is 0.500. The number of hydrogen-bond acceptors (Lipinski definition) is 2. The lowest BCUT2D eigenvalue weighted by Crippen LogP contribution is -2.53. The van der Waals surface area contributed by atoms with Gasteiger partial charge in [-0.3, -0.25) is 4.79 Å². The molecule has 0 radical (unpaired) electrons. The summed E-state index contributed by atoms with van der Waals surface area (Å²) in [5.41, 5.74) is 1.30. The van der Waals surface area contributed by atoms with Crippen molar-refractivity contribution in [3.8, 4) is 0 Å². The Morgan fingerprint density at radius 1 is 1.10 bits per heavy atom. The van der Waals surface area contributed by atoms with Gasteiger partial charge in [0.15, 0.2) is 0 Å². The van der Waals surface area contributed by atoms with Crippen molar-refractivity contribution in [2.45, 2.75) is 40.2 Å².